The first-order valence-electron chi connectivity index (χ1n) is 7.23. The van der Waals surface area contributed by atoms with Crippen molar-refractivity contribution in [2.45, 2.75) is 12.2 Å². The molecule has 2 N–H and O–H groups in total. The summed E-state index contributed by atoms with van der Waals surface area (Å²) < 4.78 is 0. The molecule has 4 atom stereocenters. The van der Waals surface area contributed by atoms with Crippen molar-refractivity contribution in [1.29, 1.82) is 0 Å². The lowest BCUT2D eigenvalue weighted by molar-refractivity contribution is 0.0233. The van der Waals surface area contributed by atoms with Gasteiger partial charge in [0.1, 0.15) is 0 Å². The predicted molar refractivity (Wildman–Crippen MR) is 78.4 cm³/mol. The monoisotopic (exact) mass is 294 g/mol. The van der Waals surface area contributed by atoms with E-state index in [1.807, 2.05) is 0 Å². The van der Waals surface area contributed by atoms with E-state index < -0.39 is 24.0 Å². The summed E-state index contributed by atoms with van der Waals surface area (Å²) in [4.78, 5) is 25.2. The van der Waals surface area contributed by atoms with Gasteiger partial charge in [-0.25, -0.2) is 0 Å². The van der Waals surface area contributed by atoms with E-state index in [1.54, 1.807) is 48.5 Å². The van der Waals surface area contributed by atoms with Gasteiger partial charge in [-0.05, 0) is 11.1 Å². The number of ketones is 2. The Hall–Kier alpha value is -2.30. The van der Waals surface area contributed by atoms with Crippen molar-refractivity contribution >= 4 is 11.6 Å². The van der Waals surface area contributed by atoms with E-state index >= 15 is 0 Å². The molecule has 4 heteroatoms. The first kappa shape index (κ1) is 13.4. The Balaban J connectivity index is 1.79. The molecule has 2 aliphatic carbocycles. The molecule has 0 saturated carbocycles. The van der Waals surface area contributed by atoms with Crippen molar-refractivity contribution < 1.29 is 19.8 Å². The van der Waals surface area contributed by atoms with Crippen LogP contribution in [0.5, 0.6) is 0 Å². The van der Waals surface area contributed by atoms with Crippen LogP contribution in [0, 0.1) is 11.8 Å². The number of carbonyl (C=O) groups is 2. The van der Waals surface area contributed by atoms with Gasteiger partial charge in [0.25, 0.3) is 0 Å². The maximum atomic E-state index is 12.6. The third kappa shape index (κ3) is 1.59. The Morgan fingerprint density at radius 2 is 1.00 bits per heavy atom. The Morgan fingerprint density at radius 1 is 0.636 bits per heavy atom. The summed E-state index contributed by atoms with van der Waals surface area (Å²) in [6.45, 7) is 0. The minimum Gasteiger partial charge on any atom is -0.388 e. The van der Waals surface area contributed by atoms with Crippen LogP contribution in [0.25, 0.3) is 0 Å². The summed E-state index contributed by atoms with van der Waals surface area (Å²) in [5.74, 6) is -2.39. The highest BCUT2D eigenvalue weighted by Gasteiger charge is 2.52. The smallest absolute Gasteiger partial charge is 0.170 e. The SMILES string of the molecule is O=C1c2ccccc2C(O)C1C1C(=O)c2ccccc2C1O. The highest BCUT2D eigenvalue weighted by atomic mass is 16.3. The van der Waals surface area contributed by atoms with Crippen molar-refractivity contribution in [3.8, 4) is 0 Å². The Bertz CT molecular complexity index is 728. The van der Waals surface area contributed by atoms with Gasteiger partial charge >= 0.3 is 0 Å². The van der Waals surface area contributed by atoms with Gasteiger partial charge in [0.15, 0.2) is 11.6 Å². The normalized spacial score (nSPS) is 29.5. The molecule has 0 aromatic heterocycles. The molecule has 0 bridgehead atoms. The van der Waals surface area contributed by atoms with Gasteiger partial charge in [-0.15, -0.1) is 0 Å². The summed E-state index contributed by atoms with van der Waals surface area (Å²) in [5.41, 5.74) is 1.95. The molecular weight excluding hydrogens is 280 g/mol. The lowest BCUT2D eigenvalue weighted by Gasteiger charge is -2.22. The second kappa shape index (κ2) is 4.60. The lowest BCUT2D eigenvalue weighted by atomic mass is 9.83. The Labute approximate surface area is 127 Å². The molecule has 0 aliphatic heterocycles. The van der Waals surface area contributed by atoms with Crippen molar-refractivity contribution in [2.75, 3.05) is 0 Å². The molecule has 0 spiro atoms. The number of aliphatic hydroxyl groups is 2. The summed E-state index contributed by atoms with van der Waals surface area (Å²) in [7, 11) is 0. The van der Waals surface area contributed by atoms with Gasteiger partial charge < -0.3 is 10.2 Å². The van der Waals surface area contributed by atoms with Crippen LogP contribution >= 0.6 is 0 Å². The van der Waals surface area contributed by atoms with E-state index in [2.05, 4.69) is 0 Å². The quantitative estimate of drug-likeness (QED) is 0.844. The maximum Gasteiger partial charge on any atom is 0.170 e. The van der Waals surface area contributed by atoms with Gasteiger partial charge in [-0.1, -0.05) is 48.5 Å². The van der Waals surface area contributed by atoms with Crippen LogP contribution in [0.15, 0.2) is 48.5 Å². The van der Waals surface area contributed by atoms with E-state index in [0.717, 1.165) is 0 Å². The molecule has 4 nitrogen and oxygen atoms in total. The fourth-order valence-corrected chi connectivity index (χ4v) is 3.71. The van der Waals surface area contributed by atoms with E-state index in [1.165, 1.54) is 0 Å². The van der Waals surface area contributed by atoms with Crippen LogP contribution in [0.1, 0.15) is 44.1 Å². The topological polar surface area (TPSA) is 74.6 Å². The third-order valence-electron chi connectivity index (χ3n) is 4.76. The summed E-state index contributed by atoms with van der Waals surface area (Å²) >= 11 is 0. The van der Waals surface area contributed by atoms with E-state index in [9.17, 15) is 19.8 Å². The molecule has 2 aliphatic rings. The van der Waals surface area contributed by atoms with E-state index in [0.29, 0.717) is 22.3 Å². The summed E-state index contributed by atoms with van der Waals surface area (Å²) in [5, 5.41) is 21.0. The zero-order chi connectivity index (χ0) is 15.4. The second-order valence-corrected chi connectivity index (χ2v) is 5.84. The molecule has 0 heterocycles. The average Bonchev–Trinajstić information content (AvgIpc) is 2.94. The van der Waals surface area contributed by atoms with Crippen LogP contribution in [0.2, 0.25) is 0 Å². The molecule has 2 aromatic rings. The van der Waals surface area contributed by atoms with Crippen molar-refractivity contribution in [1.82, 2.24) is 0 Å². The van der Waals surface area contributed by atoms with Gasteiger partial charge in [0.2, 0.25) is 0 Å². The summed E-state index contributed by atoms with van der Waals surface area (Å²) in [6, 6.07) is 13.6. The number of hydrogen-bond acceptors (Lipinski definition) is 4. The molecule has 4 unspecified atom stereocenters. The van der Waals surface area contributed by atoms with Gasteiger partial charge in [-0.3, -0.25) is 9.59 Å². The summed E-state index contributed by atoms with van der Waals surface area (Å²) in [6.07, 6.45) is -2.11. The minimum absolute atomic E-state index is 0.270. The van der Waals surface area contributed by atoms with Gasteiger partial charge in [-0.2, -0.15) is 0 Å². The molecule has 0 amide bonds. The second-order valence-electron chi connectivity index (χ2n) is 5.84. The fraction of sp³-hybridized carbons (Fsp3) is 0.222. The Kier molecular flexibility index (Phi) is 2.79. The highest BCUT2D eigenvalue weighted by molar-refractivity contribution is 6.10. The number of Topliss-reactive ketones (excluding diaryl/α,β-unsaturated/α-hetero) is 2. The van der Waals surface area contributed by atoms with Crippen LogP contribution < -0.4 is 0 Å². The van der Waals surface area contributed by atoms with Crippen molar-refractivity contribution in [3.05, 3.63) is 70.8 Å². The zero-order valence-electron chi connectivity index (χ0n) is 11.6. The van der Waals surface area contributed by atoms with Gasteiger partial charge in [0, 0.05) is 11.1 Å². The molecule has 0 saturated heterocycles. The largest absolute Gasteiger partial charge is 0.388 e. The number of hydrogen-bond donors (Lipinski definition) is 2. The van der Waals surface area contributed by atoms with E-state index in [-0.39, 0.29) is 11.6 Å². The molecular formula is C18H14O4. The molecule has 110 valence electrons. The number of rotatable bonds is 1. The average molecular weight is 294 g/mol. The number of aliphatic hydroxyl groups excluding tert-OH is 2. The standard InChI is InChI=1S/C18H14O4/c19-15-9-5-1-2-6-10(9)16(20)13(15)14-17(21)11-7-3-4-8-12(11)18(14)22/h1-8,13-15,17,19,21H. The van der Waals surface area contributed by atoms with Crippen LogP contribution in [-0.2, 0) is 0 Å². The van der Waals surface area contributed by atoms with E-state index in [4.69, 9.17) is 0 Å². The maximum absolute atomic E-state index is 12.6. The fourth-order valence-electron chi connectivity index (χ4n) is 3.71. The Morgan fingerprint density at radius 3 is 1.36 bits per heavy atom. The molecule has 22 heavy (non-hydrogen) atoms. The predicted octanol–water partition coefficient (Wildman–Crippen LogP) is 2.08. The van der Waals surface area contributed by atoms with Crippen LogP contribution in [0.4, 0.5) is 0 Å². The molecule has 4 rings (SSSR count). The van der Waals surface area contributed by atoms with Crippen molar-refractivity contribution in [3.63, 3.8) is 0 Å². The minimum atomic E-state index is -1.05. The highest BCUT2D eigenvalue weighted by Crippen LogP contribution is 2.48. The van der Waals surface area contributed by atoms with Crippen LogP contribution in [0.3, 0.4) is 0 Å². The van der Waals surface area contributed by atoms with Gasteiger partial charge in [0.05, 0.1) is 24.0 Å². The molecule has 0 fully saturated rings. The first-order valence-corrected chi connectivity index (χ1v) is 7.23. The molecule has 0 radical (unpaired) electrons. The lowest BCUT2D eigenvalue weighted by Crippen LogP contribution is -2.30. The van der Waals surface area contributed by atoms with Crippen molar-refractivity contribution in [2.24, 2.45) is 11.8 Å². The third-order valence-corrected chi connectivity index (χ3v) is 4.76. The zero-order valence-corrected chi connectivity index (χ0v) is 11.6. The van der Waals surface area contributed by atoms with Crippen LogP contribution in [-0.4, -0.2) is 21.8 Å². The number of carbonyl (C=O) groups excluding carboxylic acids is 2. The number of benzene rings is 2. The molecule has 2 aromatic carbocycles. The first-order chi connectivity index (χ1) is 10.6. The number of fused-ring (bicyclic) bond motifs is 2.